The van der Waals surface area contributed by atoms with Crippen molar-refractivity contribution in [3.05, 3.63) is 33.8 Å². The molecular formula is C12H17Cl2N. The van der Waals surface area contributed by atoms with Gasteiger partial charge in [-0.15, -0.1) is 0 Å². The maximum absolute atomic E-state index is 5.99. The van der Waals surface area contributed by atoms with Crippen molar-refractivity contribution in [3.8, 4) is 0 Å². The predicted molar refractivity (Wildman–Crippen MR) is 67.8 cm³/mol. The van der Waals surface area contributed by atoms with Crippen molar-refractivity contribution >= 4 is 23.2 Å². The average Bonchev–Trinajstić information content (AvgIpc) is 2.24. The first-order valence-electron chi connectivity index (χ1n) is 5.34. The Balaban J connectivity index is 2.78. The number of nitrogens with two attached hydrogens (primary N) is 1. The molecule has 0 aliphatic heterocycles. The van der Waals surface area contributed by atoms with E-state index in [1.165, 1.54) is 5.56 Å². The topological polar surface area (TPSA) is 26.0 Å². The highest BCUT2D eigenvalue weighted by Crippen LogP contribution is 2.30. The zero-order valence-corrected chi connectivity index (χ0v) is 10.5. The van der Waals surface area contributed by atoms with Crippen molar-refractivity contribution in [3.63, 3.8) is 0 Å². The fraction of sp³-hybridized carbons (Fsp3) is 0.500. The van der Waals surface area contributed by atoms with Crippen molar-refractivity contribution < 1.29 is 0 Å². The smallest absolute Gasteiger partial charge is 0.0595 e. The van der Waals surface area contributed by atoms with Crippen LogP contribution in [0.2, 0.25) is 10.0 Å². The summed E-state index contributed by atoms with van der Waals surface area (Å²) in [5.74, 6) is 0.545. The lowest BCUT2D eigenvalue weighted by atomic mass is 9.92. The van der Waals surface area contributed by atoms with Gasteiger partial charge in [0.05, 0.1) is 10.0 Å². The van der Waals surface area contributed by atoms with E-state index >= 15 is 0 Å². The molecule has 1 nitrogen and oxygen atoms in total. The van der Waals surface area contributed by atoms with Crippen LogP contribution >= 0.6 is 23.2 Å². The van der Waals surface area contributed by atoms with E-state index in [9.17, 15) is 0 Å². The number of hydrogen-bond donors (Lipinski definition) is 1. The molecule has 0 radical (unpaired) electrons. The summed E-state index contributed by atoms with van der Waals surface area (Å²) in [7, 11) is 0. The van der Waals surface area contributed by atoms with Crippen molar-refractivity contribution in [2.45, 2.75) is 32.1 Å². The van der Waals surface area contributed by atoms with Crippen LogP contribution < -0.4 is 5.73 Å². The number of halogens is 2. The first-order chi connectivity index (χ1) is 7.19. The van der Waals surface area contributed by atoms with Crippen molar-refractivity contribution in [1.29, 1.82) is 0 Å². The average molecular weight is 246 g/mol. The van der Waals surface area contributed by atoms with E-state index in [0.717, 1.165) is 25.8 Å². The molecule has 0 heterocycles. The molecule has 0 aliphatic carbocycles. The second kappa shape index (κ2) is 6.37. The molecule has 1 rings (SSSR count). The highest BCUT2D eigenvalue weighted by atomic mass is 35.5. The standard InChI is InChI=1S/C12H17Cl2N/c1-2-9(4-3-7-15)10-5-6-11(13)12(14)8-10/h5-6,8-9H,2-4,7,15H2,1H3. The summed E-state index contributed by atoms with van der Waals surface area (Å²) < 4.78 is 0. The number of rotatable bonds is 5. The van der Waals surface area contributed by atoms with E-state index in [4.69, 9.17) is 28.9 Å². The fourth-order valence-electron chi connectivity index (χ4n) is 1.74. The molecule has 1 atom stereocenters. The Kier molecular flexibility index (Phi) is 5.44. The SMILES string of the molecule is CCC(CCCN)c1ccc(Cl)c(Cl)c1. The lowest BCUT2D eigenvalue weighted by molar-refractivity contribution is 0.581. The summed E-state index contributed by atoms with van der Waals surface area (Å²) in [6.45, 7) is 2.93. The second-order valence-corrected chi connectivity index (χ2v) is 4.52. The zero-order valence-electron chi connectivity index (χ0n) is 8.97. The molecule has 15 heavy (non-hydrogen) atoms. The third kappa shape index (κ3) is 3.67. The molecule has 3 heteroatoms. The van der Waals surface area contributed by atoms with Gasteiger partial charge in [-0.2, -0.15) is 0 Å². The molecule has 0 bridgehead atoms. The molecule has 0 aromatic heterocycles. The van der Waals surface area contributed by atoms with E-state index in [2.05, 4.69) is 13.0 Å². The minimum absolute atomic E-state index is 0.545. The van der Waals surface area contributed by atoms with Crippen molar-refractivity contribution in [2.75, 3.05) is 6.54 Å². The summed E-state index contributed by atoms with van der Waals surface area (Å²) in [4.78, 5) is 0. The van der Waals surface area contributed by atoms with Crippen LogP contribution in [0.15, 0.2) is 18.2 Å². The molecule has 84 valence electrons. The summed E-state index contributed by atoms with van der Waals surface area (Å²) in [6, 6.07) is 5.89. The lowest BCUT2D eigenvalue weighted by Gasteiger charge is -2.15. The molecule has 1 unspecified atom stereocenters. The van der Waals surface area contributed by atoms with Crippen LogP contribution in [0.4, 0.5) is 0 Å². The quantitative estimate of drug-likeness (QED) is 0.826. The van der Waals surface area contributed by atoms with Crippen LogP contribution in [0.3, 0.4) is 0 Å². The summed E-state index contributed by atoms with van der Waals surface area (Å²) in [5.41, 5.74) is 6.78. The molecule has 0 saturated heterocycles. The van der Waals surface area contributed by atoms with Gasteiger partial charge < -0.3 is 5.73 Å². The Morgan fingerprint density at radius 2 is 2.00 bits per heavy atom. The maximum Gasteiger partial charge on any atom is 0.0595 e. The van der Waals surface area contributed by atoms with Gasteiger partial charge in [0, 0.05) is 0 Å². The largest absolute Gasteiger partial charge is 0.330 e. The van der Waals surface area contributed by atoms with Gasteiger partial charge in [-0.25, -0.2) is 0 Å². The van der Waals surface area contributed by atoms with Crippen molar-refractivity contribution in [1.82, 2.24) is 0 Å². The van der Waals surface area contributed by atoms with E-state index in [1.807, 2.05) is 12.1 Å². The van der Waals surface area contributed by atoms with Gasteiger partial charge in [-0.05, 0) is 49.4 Å². The summed E-state index contributed by atoms with van der Waals surface area (Å²) in [6.07, 6.45) is 3.28. The van der Waals surface area contributed by atoms with Gasteiger partial charge in [0.15, 0.2) is 0 Å². The van der Waals surface area contributed by atoms with Crippen LogP contribution in [0, 0.1) is 0 Å². The lowest BCUT2D eigenvalue weighted by Crippen LogP contribution is -2.03. The molecule has 0 fully saturated rings. The molecule has 2 N–H and O–H groups in total. The molecule has 0 spiro atoms. The van der Waals surface area contributed by atoms with Crippen molar-refractivity contribution in [2.24, 2.45) is 5.73 Å². The molecule has 1 aromatic rings. The highest BCUT2D eigenvalue weighted by molar-refractivity contribution is 6.42. The molecule has 1 aromatic carbocycles. The van der Waals surface area contributed by atoms with Crippen LogP contribution in [0.5, 0.6) is 0 Å². The van der Waals surface area contributed by atoms with Gasteiger partial charge in [0.2, 0.25) is 0 Å². The minimum Gasteiger partial charge on any atom is -0.330 e. The molecule has 0 amide bonds. The third-order valence-corrected chi connectivity index (χ3v) is 3.40. The van der Waals surface area contributed by atoms with E-state index in [1.54, 1.807) is 0 Å². The second-order valence-electron chi connectivity index (χ2n) is 3.71. The van der Waals surface area contributed by atoms with E-state index in [-0.39, 0.29) is 0 Å². The normalized spacial score (nSPS) is 12.8. The molecule has 0 aliphatic rings. The number of hydrogen-bond acceptors (Lipinski definition) is 1. The van der Waals surface area contributed by atoms with Crippen LogP contribution in [0.25, 0.3) is 0 Å². The number of benzene rings is 1. The summed E-state index contributed by atoms with van der Waals surface area (Å²) in [5, 5.41) is 1.26. The summed E-state index contributed by atoms with van der Waals surface area (Å²) >= 11 is 11.9. The first kappa shape index (κ1) is 12.8. The minimum atomic E-state index is 0.545. The molecular weight excluding hydrogens is 229 g/mol. The zero-order chi connectivity index (χ0) is 11.3. The first-order valence-corrected chi connectivity index (χ1v) is 6.09. The Bertz CT molecular complexity index is 312. The van der Waals surface area contributed by atoms with Crippen LogP contribution in [-0.4, -0.2) is 6.54 Å². The monoisotopic (exact) mass is 245 g/mol. The Morgan fingerprint density at radius 3 is 2.53 bits per heavy atom. The Morgan fingerprint density at radius 1 is 1.27 bits per heavy atom. The molecule has 0 saturated carbocycles. The third-order valence-electron chi connectivity index (χ3n) is 2.66. The predicted octanol–water partition coefficient (Wildman–Crippen LogP) is 4.23. The van der Waals surface area contributed by atoms with Gasteiger partial charge in [-0.1, -0.05) is 36.2 Å². The van der Waals surface area contributed by atoms with E-state index in [0.29, 0.717) is 16.0 Å². The Hall–Kier alpha value is -0.240. The van der Waals surface area contributed by atoms with E-state index < -0.39 is 0 Å². The van der Waals surface area contributed by atoms with Crippen LogP contribution in [-0.2, 0) is 0 Å². The fourth-order valence-corrected chi connectivity index (χ4v) is 2.04. The van der Waals surface area contributed by atoms with Gasteiger partial charge >= 0.3 is 0 Å². The van der Waals surface area contributed by atoms with Gasteiger partial charge in [0.25, 0.3) is 0 Å². The highest BCUT2D eigenvalue weighted by Gasteiger charge is 2.10. The van der Waals surface area contributed by atoms with Crippen LogP contribution in [0.1, 0.15) is 37.7 Å². The van der Waals surface area contributed by atoms with Gasteiger partial charge in [0.1, 0.15) is 0 Å². The van der Waals surface area contributed by atoms with Gasteiger partial charge in [-0.3, -0.25) is 0 Å². The maximum atomic E-state index is 5.99. The Labute approximate surface area is 102 Å².